The SMILES string of the molecule is Cc1ccc(S(=O)(=O)NC(Cc2cccc(C(=N)N)c2)C(=O)N2CCCC2)cc1. The number of nitrogens with two attached hydrogens (primary N) is 1. The minimum Gasteiger partial charge on any atom is -0.384 e. The van der Waals surface area contributed by atoms with Gasteiger partial charge in [-0.2, -0.15) is 4.72 Å². The van der Waals surface area contributed by atoms with Gasteiger partial charge in [-0.1, -0.05) is 35.9 Å². The first-order valence-corrected chi connectivity index (χ1v) is 11.1. The van der Waals surface area contributed by atoms with Crippen LogP contribution in [0.5, 0.6) is 0 Å². The minimum atomic E-state index is -3.86. The molecule has 0 bridgehead atoms. The van der Waals surface area contributed by atoms with Crippen LogP contribution in [0, 0.1) is 12.3 Å². The topological polar surface area (TPSA) is 116 Å². The Morgan fingerprint density at radius 2 is 1.83 bits per heavy atom. The summed E-state index contributed by atoms with van der Waals surface area (Å²) in [5.41, 5.74) is 7.79. The van der Waals surface area contributed by atoms with E-state index in [2.05, 4.69) is 4.72 Å². The van der Waals surface area contributed by atoms with Crippen molar-refractivity contribution >= 4 is 21.8 Å². The molecule has 2 aromatic carbocycles. The highest BCUT2D eigenvalue weighted by Gasteiger charge is 2.30. The number of nitrogens with one attached hydrogen (secondary N) is 2. The number of sulfonamides is 1. The lowest BCUT2D eigenvalue weighted by molar-refractivity contribution is -0.131. The number of carbonyl (C=O) groups is 1. The summed E-state index contributed by atoms with van der Waals surface area (Å²) in [7, 11) is -3.86. The van der Waals surface area contributed by atoms with E-state index >= 15 is 0 Å². The van der Waals surface area contributed by atoms with Crippen molar-refractivity contribution in [1.82, 2.24) is 9.62 Å². The van der Waals surface area contributed by atoms with Crippen molar-refractivity contribution in [2.75, 3.05) is 13.1 Å². The fourth-order valence-corrected chi connectivity index (χ4v) is 4.60. The third-order valence-electron chi connectivity index (χ3n) is 5.02. The molecule has 4 N–H and O–H groups in total. The van der Waals surface area contributed by atoms with Crippen LogP contribution in [0.15, 0.2) is 53.4 Å². The largest absolute Gasteiger partial charge is 0.384 e. The molecule has 0 aromatic heterocycles. The zero-order valence-corrected chi connectivity index (χ0v) is 17.2. The summed E-state index contributed by atoms with van der Waals surface area (Å²) >= 11 is 0. The number of amides is 1. The van der Waals surface area contributed by atoms with Gasteiger partial charge in [0.25, 0.3) is 0 Å². The van der Waals surface area contributed by atoms with Crippen LogP contribution < -0.4 is 10.5 Å². The number of rotatable bonds is 7. The van der Waals surface area contributed by atoms with Crippen LogP contribution in [-0.4, -0.2) is 44.2 Å². The zero-order valence-electron chi connectivity index (χ0n) is 16.4. The van der Waals surface area contributed by atoms with E-state index < -0.39 is 16.1 Å². The number of nitrogens with zero attached hydrogens (tertiary/aromatic N) is 1. The van der Waals surface area contributed by atoms with Crippen molar-refractivity contribution in [3.8, 4) is 0 Å². The second-order valence-corrected chi connectivity index (χ2v) is 9.05. The Morgan fingerprint density at radius 1 is 1.17 bits per heavy atom. The van der Waals surface area contributed by atoms with E-state index in [9.17, 15) is 13.2 Å². The first-order valence-electron chi connectivity index (χ1n) is 9.57. The van der Waals surface area contributed by atoms with E-state index in [1.807, 2.05) is 6.92 Å². The molecule has 1 heterocycles. The van der Waals surface area contributed by atoms with E-state index in [4.69, 9.17) is 11.1 Å². The molecule has 1 fully saturated rings. The molecule has 3 rings (SSSR count). The van der Waals surface area contributed by atoms with E-state index in [-0.39, 0.29) is 23.1 Å². The van der Waals surface area contributed by atoms with Gasteiger partial charge in [-0.05, 0) is 49.9 Å². The Bertz CT molecular complexity index is 997. The Balaban J connectivity index is 1.88. The number of hydrogen-bond donors (Lipinski definition) is 3. The maximum Gasteiger partial charge on any atom is 0.241 e. The second-order valence-electron chi connectivity index (χ2n) is 7.34. The number of likely N-dealkylation sites (tertiary alicyclic amines) is 1. The summed E-state index contributed by atoms with van der Waals surface area (Å²) in [6.45, 7) is 3.15. The van der Waals surface area contributed by atoms with Crippen molar-refractivity contribution in [2.45, 2.75) is 37.1 Å². The summed E-state index contributed by atoms with van der Waals surface area (Å²) in [5, 5.41) is 7.60. The number of amidine groups is 1. The van der Waals surface area contributed by atoms with E-state index in [1.165, 1.54) is 12.1 Å². The molecule has 0 saturated carbocycles. The monoisotopic (exact) mass is 414 g/mol. The molecular formula is C21H26N4O3S. The molecule has 1 amide bonds. The summed E-state index contributed by atoms with van der Waals surface area (Å²) < 4.78 is 28.4. The van der Waals surface area contributed by atoms with Gasteiger partial charge in [-0.3, -0.25) is 10.2 Å². The molecular weight excluding hydrogens is 388 g/mol. The van der Waals surface area contributed by atoms with E-state index in [0.29, 0.717) is 18.7 Å². The van der Waals surface area contributed by atoms with Crippen LogP contribution in [0.1, 0.15) is 29.5 Å². The molecule has 1 atom stereocenters. The van der Waals surface area contributed by atoms with E-state index in [0.717, 1.165) is 24.0 Å². The third kappa shape index (κ3) is 5.21. The molecule has 0 aliphatic carbocycles. The van der Waals surface area contributed by atoms with Crippen LogP contribution in [0.2, 0.25) is 0 Å². The lowest BCUT2D eigenvalue weighted by Gasteiger charge is -2.24. The van der Waals surface area contributed by atoms with Gasteiger partial charge >= 0.3 is 0 Å². The molecule has 0 radical (unpaired) electrons. The molecule has 0 spiro atoms. The van der Waals surface area contributed by atoms with Gasteiger partial charge in [0.1, 0.15) is 11.9 Å². The van der Waals surface area contributed by atoms with Crippen LogP contribution in [-0.2, 0) is 21.2 Å². The molecule has 1 aliphatic rings. The highest BCUT2D eigenvalue weighted by molar-refractivity contribution is 7.89. The molecule has 29 heavy (non-hydrogen) atoms. The van der Waals surface area contributed by atoms with Gasteiger partial charge < -0.3 is 10.6 Å². The molecule has 1 saturated heterocycles. The fourth-order valence-electron chi connectivity index (χ4n) is 3.41. The Labute approximate surface area is 171 Å². The van der Waals surface area contributed by atoms with Gasteiger partial charge in [-0.15, -0.1) is 0 Å². The zero-order chi connectivity index (χ0) is 21.0. The quantitative estimate of drug-likeness (QED) is 0.473. The van der Waals surface area contributed by atoms with Crippen molar-refractivity contribution in [3.05, 3.63) is 65.2 Å². The molecule has 1 unspecified atom stereocenters. The Kier molecular flexibility index (Phi) is 6.34. The van der Waals surface area contributed by atoms with Crippen LogP contribution >= 0.6 is 0 Å². The lowest BCUT2D eigenvalue weighted by atomic mass is 10.0. The first-order chi connectivity index (χ1) is 13.8. The van der Waals surface area contributed by atoms with Crippen LogP contribution in [0.4, 0.5) is 0 Å². The Hall–Kier alpha value is -2.71. The molecule has 7 nitrogen and oxygen atoms in total. The average molecular weight is 415 g/mol. The van der Waals surface area contributed by atoms with E-state index in [1.54, 1.807) is 41.3 Å². The average Bonchev–Trinajstić information content (AvgIpc) is 3.22. The van der Waals surface area contributed by atoms with Gasteiger partial charge in [0, 0.05) is 18.7 Å². The maximum atomic E-state index is 13.1. The minimum absolute atomic E-state index is 0.0745. The van der Waals surface area contributed by atoms with Gasteiger partial charge in [-0.25, -0.2) is 8.42 Å². The van der Waals surface area contributed by atoms with Crippen LogP contribution in [0.25, 0.3) is 0 Å². The second kappa shape index (κ2) is 8.75. The highest BCUT2D eigenvalue weighted by atomic mass is 32.2. The number of benzene rings is 2. The maximum absolute atomic E-state index is 13.1. The summed E-state index contributed by atoms with van der Waals surface area (Å²) in [6.07, 6.45) is 2.02. The molecule has 8 heteroatoms. The summed E-state index contributed by atoms with van der Waals surface area (Å²) in [5.74, 6) is -0.305. The number of hydrogen-bond acceptors (Lipinski definition) is 4. The lowest BCUT2D eigenvalue weighted by Crippen LogP contribution is -2.48. The van der Waals surface area contributed by atoms with Gasteiger partial charge in [0.2, 0.25) is 15.9 Å². The first kappa shape index (κ1) is 21.0. The molecule has 2 aromatic rings. The third-order valence-corrected chi connectivity index (χ3v) is 6.51. The van der Waals surface area contributed by atoms with Gasteiger partial charge in [0.15, 0.2) is 0 Å². The van der Waals surface area contributed by atoms with Gasteiger partial charge in [0.05, 0.1) is 4.90 Å². The number of nitrogen functional groups attached to an aromatic ring is 1. The summed E-state index contributed by atoms with van der Waals surface area (Å²) in [4.78, 5) is 14.9. The fraction of sp³-hybridized carbons (Fsp3) is 0.333. The molecule has 154 valence electrons. The van der Waals surface area contributed by atoms with Crippen molar-refractivity contribution < 1.29 is 13.2 Å². The molecule has 1 aliphatic heterocycles. The predicted molar refractivity (Wildman–Crippen MR) is 112 cm³/mol. The Morgan fingerprint density at radius 3 is 2.45 bits per heavy atom. The number of aryl methyl sites for hydroxylation is 1. The smallest absolute Gasteiger partial charge is 0.241 e. The normalized spacial score (nSPS) is 15.3. The van der Waals surface area contributed by atoms with Crippen LogP contribution in [0.3, 0.4) is 0 Å². The van der Waals surface area contributed by atoms with Crippen molar-refractivity contribution in [1.29, 1.82) is 5.41 Å². The standard InChI is InChI=1S/C21H26N4O3S/c1-15-7-9-18(10-8-15)29(27,28)24-19(21(26)25-11-2-3-12-25)14-16-5-4-6-17(13-16)20(22)23/h4-10,13,19,24H,2-3,11-12,14H2,1H3,(H3,22,23). The predicted octanol–water partition coefficient (Wildman–Crippen LogP) is 1.79. The number of carbonyl (C=O) groups excluding carboxylic acids is 1. The van der Waals surface area contributed by atoms with Crippen molar-refractivity contribution in [3.63, 3.8) is 0 Å². The van der Waals surface area contributed by atoms with Crippen molar-refractivity contribution in [2.24, 2.45) is 5.73 Å². The highest BCUT2D eigenvalue weighted by Crippen LogP contribution is 2.16. The summed E-state index contributed by atoms with van der Waals surface area (Å²) in [6, 6.07) is 12.6.